The Morgan fingerprint density at radius 3 is 1.20 bits per heavy atom. The van der Waals surface area contributed by atoms with Crippen molar-refractivity contribution in [1.82, 2.24) is 0 Å². The number of carbonyl (C=O) groups excluding carboxylic acids is 4. The number of carbonyl (C=O) groups is 4. The minimum atomic E-state index is -4.87. The van der Waals surface area contributed by atoms with Crippen LogP contribution in [0.3, 0.4) is 0 Å². The molecule has 6 nitrogen and oxygen atoms in total. The lowest BCUT2D eigenvalue weighted by molar-refractivity contribution is -0.173. The van der Waals surface area contributed by atoms with E-state index < -0.39 is 35.2 Å². The summed E-state index contributed by atoms with van der Waals surface area (Å²) in [5.74, 6) is -2.72. The molecule has 9 heteroatoms. The number of hydrogen-bond acceptors (Lipinski definition) is 4. The van der Waals surface area contributed by atoms with Gasteiger partial charge in [0.15, 0.2) is 0 Å². The van der Waals surface area contributed by atoms with E-state index in [4.69, 9.17) is 0 Å². The Morgan fingerprint density at radius 1 is 0.500 bits per heavy atom. The Bertz CT molecular complexity index is 1610. The molecule has 0 radical (unpaired) electrons. The molecule has 0 aliphatic carbocycles. The van der Waals surface area contributed by atoms with Crippen LogP contribution in [0.5, 0.6) is 0 Å². The summed E-state index contributed by atoms with van der Waals surface area (Å²) in [6.45, 7) is 0.947. The average molecular weight is 540 g/mol. The molecule has 4 amide bonds. The van der Waals surface area contributed by atoms with Crippen LogP contribution in [0.15, 0.2) is 97.1 Å². The maximum absolute atomic E-state index is 14.9. The second kappa shape index (κ2) is 8.74. The van der Waals surface area contributed by atoms with Crippen LogP contribution in [0.1, 0.15) is 59.5 Å². The molecule has 0 N–H and O–H groups in total. The third-order valence-electron chi connectivity index (χ3n) is 7.52. The van der Waals surface area contributed by atoms with Crippen LogP contribution in [-0.4, -0.2) is 29.8 Å². The lowest BCUT2D eigenvalue weighted by atomic mass is 9.74. The summed E-state index contributed by atoms with van der Waals surface area (Å²) in [5.41, 5.74) is -2.95. The topological polar surface area (TPSA) is 74.8 Å². The molecule has 0 aromatic heterocycles. The molecule has 0 unspecified atom stereocenters. The zero-order chi connectivity index (χ0) is 28.4. The molecule has 198 valence electrons. The second-order valence-electron chi connectivity index (χ2n) is 9.71. The predicted molar refractivity (Wildman–Crippen MR) is 141 cm³/mol. The van der Waals surface area contributed by atoms with Crippen molar-refractivity contribution in [1.29, 1.82) is 0 Å². The maximum Gasteiger partial charge on any atom is 0.402 e. The van der Waals surface area contributed by atoms with Crippen LogP contribution >= 0.6 is 0 Å². The van der Waals surface area contributed by atoms with E-state index in [1.54, 1.807) is 60.7 Å². The molecule has 0 spiro atoms. The van der Waals surface area contributed by atoms with Gasteiger partial charge in [0.2, 0.25) is 0 Å². The van der Waals surface area contributed by atoms with Gasteiger partial charge in [0.05, 0.1) is 33.6 Å². The molecular weight excluding hydrogens is 521 g/mol. The molecule has 2 heterocycles. The van der Waals surface area contributed by atoms with Gasteiger partial charge in [-0.05, 0) is 66.6 Å². The highest BCUT2D eigenvalue weighted by molar-refractivity contribution is 6.35. The summed E-state index contributed by atoms with van der Waals surface area (Å²) in [6, 6.07) is 23.2. The molecule has 2 aliphatic rings. The van der Waals surface area contributed by atoms with E-state index in [-0.39, 0.29) is 33.4 Å². The Labute approximate surface area is 226 Å². The van der Waals surface area contributed by atoms with Crippen LogP contribution in [-0.2, 0) is 5.41 Å². The zero-order valence-corrected chi connectivity index (χ0v) is 20.9. The number of alkyl halides is 3. The molecule has 6 rings (SSSR count). The fourth-order valence-corrected chi connectivity index (χ4v) is 5.22. The van der Waals surface area contributed by atoms with E-state index in [1.807, 2.05) is 0 Å². The summed E-state index contributed by atoms with van der Waals surface area (Å²) in [4.78, 5) is 54.3. The van der Waals surface area contributed by atoms with Gasteiger partial charge in [0.1, 0.15) is 5.41 Å². The van der Waals surface area contributed by atoms with Gasteiger partial charge in [-0.2, -0.15) is 13.2 Å². The molecule has 2 aliphatic heterocycles. The van der Waals surface area contributed by atoms with Crippen molar-refractivity contribution >= 4 is 35.0 Å². The second-order valence-corrected chi connectivity index (χ2v) is 9.71. The Balaban J connectivity index is 1.45. The lowest BCUT2D eigenvalue weighted by Gasteiger charge is -2.33. The predicted octanol–water partition coefficient (Wildman–Crippen LogP) is 6.16. The van der Waals surface area contributed by atoms with E-state index in [2.05, 4.69) is 0 Å². The fraction of sp³-hybridized carbons (Fsp3) is 0.0968. The first-order valence-corrected chi connectivity index (χ1v) is 12.3. The molecule has 0 atom stereocenters. The van der Waals surface area contributed by atoms with Crippen molar-refractivity contribution in [3.8, 4) is 0 Å². The van der Waals surface area contributed by atoms with Gasteiger partial charge in [-0.3, -0.25) is 19.2 Å². The Kier molecular flexibility index (Phi) is 5.51. The average Bonchev–Trinajstić information content (AvgIpc) is 3.36. The molecule has 4 aromatic rings. The van der Waals surface area contributed by atoms with Gasteiger partial charge in [-0.1, -0.05) is 48.5 Å². The van der Waals surface area contributed by atoms with E-state index in [1.165, 1.54) is 24.3 Å². The molecule has 0 saturated carbocycles. The number of benzene rings is 4. The maximum atomic E-state index is 14.9. The largest absolute Gasteiger partial charge is 0.402 e. The SMILES string of the molecule is CC(c1ccc2c(c1)C(=O)N(c1ccccc1)C2=O)(c1ccc2c(c1)C(=O)N(c1ccccc1)C2=O)C(F)(F)F. The van der Waals surface area contributed by atoms with Gasteiger partial charge >= 0.3 is 6.18 Å². The van der Waals surface area contributed by atoms with Gasteiger partial charge in [0, 0.05) is 0 Å². The van der Waals surface area contributed by atoms with E-state index >= 15 is 0 Å². The van der Waals surface area contributed by atoms with Gasteiger partial charge < -0.3 is 0 Å². The number of nitrogens with zero attached hydrogens (tertiary/aromatic N) is 2. The van der Waals surface area contributed by atoms with Crippen molar-refractivity contribution in [3.05, 3.63) is 130 Å². The van der Waals surface area contributed by atoms with Crippen LogP contribution in [0.2, 0.25) is 0 Å². The molecule has 0 bridgehead atoms. The van der Waals surface area contributed by atoms with Gasteiger partial charge in [-0.15, -0.1) is 0 Å². The summed E-state index contributed by atoms with van der Waals surface area (Å²) >= 11 is 0. The summed E-state index contributed by atoms with van der Waals surface area (Å²) in [7, 11) is 0. The number of imide groups is 2. The lowest BCUT2D eigenvalue weighted by Crippen LogP contribution is -2.41. The van der Waals surface area contributed by atoms with Gasteiger partial charge in [-0.25, -0.2) is 9.80 Å². The zero-order valence-electron chi connectivity index (χ0n) is 20.9. The minimum Gasteiger partial charge on any atom is -0.268 e. The first kappa shape index (κ1) is 25.2. The minimum absolute atomic E-state index is 0.00430. The highest BCUT2D eigenvalue weighted by Crippen LogP contribution is 2.48. The Morgan fingerprint density at radius 2 is 0.850 bits per heavy atom. The third kappa shape index (κ3) is 3.51. The highest BCUT2D eigenvalue weighted by Gasteiger charge is 2.55. The molecule has 40 heavy (non-hydrogen) atoms. The van der Waals surface area contributed by atoms with Crippen molar-refractivity contribution in [2.24, 2.45) is 0 Å². The van der Waals surface area contributed by atoms with Crippen LogP contribution in [0, 0.1) is 0 Å². The number of amides is 4. The number of anilines is 2. The van der Waals surface area contributed by atoms with E-state index in [9.17, 15) is 32.3 Å². The Hall–Kier alpha value is -5.05. The van der Waals surface area contributed by atoms with Gasteiger partial charge in [0.25, 0.3) is 23.6 Å². The van der Waals surface area contributed by atoms with Crippen molar-refractivity contribution < 1.29 is 32.3 Å². The standard InChI is InChI=1S/C31H19F3N2O4/c1-30(31(32,33)34,18-12-14-22-24(16-18)28(39)35(26(22)37)20-8-4-2-5-9-20)19-13-15-23-25(17-19)29(40)36(27(23)38)21-10-6-3-7-11-21/h2-17H,1H3. The van der Waals surface area contributed by atoms with Crippen molar-refractivity contribution in [2.75, 3.05) is 9.80 Å². The first-order chi connectivity index (χ1) is 19.0. The normalized spacial score (nSPS) is 15.1. The van der Waals surface area contributed by atoms with Crippen molar-refractivity contribution in [3.63, 3.8) is 0 Å². The molecule has 4 aromatic carbocycles. The van der Waals surface area contributed by atoms with Crippen molar-refractivity contribution in [2.45, 2.75) is 18.5 Å². The summed E-state index contributed by atoms with van der Waals surface area (Å²) < 4.78 is 44.7. The number of halogens is 3. The van der Waals surface area contributed by atoms with Crippen LogP contribution < -0.4 is 9.80 Å². The van der Waals surface area contributed by atoms with Crippen LogP contribution in [0.25, 0.3) is 0 Å². The molecular formula is C31H19F3N2O4. The van der Waals surface area contributed by atoms with E-state index in [0.717, 1.165) is 28.9 Å². The molecule has 0 fully saturated rings. The summed E-state index contributed by atoms with van der Waals surface area (Å²) in [6.07, 6.45) is -4.87. The smallest absolute Gasteiger partial charge is 0.268 e. The number of fused-ring (bicyclic) bond motifs is 2. The third-order valence-corrected chi connectivity index (χ3v) is 7.52. The number of rotatable bonds is 4. The highest BCUT2D eigenvalue weighted by atomic mass is 19.4. The fourth-order valence-electron chi connectivity index (χ4n) is 5.22. The first-order valence-electron chi connectivity index (χ1n) is 12.3. The van der Waals surface area contributed by atoms with E-state index in [0.29, 0.717) is 11.4 Å². The summed E-state index contributed by atoms with van der Waals surface area (Å²) in [5, 5.41) is 0. The monoisotopic (exact) mass is 540 g/mol. The number of para-hydroxylation sites is 2. The van der Waals surface area contributed by atoms with Crippen LogP contribution in [0.4, 0.5) is 24.5 Å². The molecule has 0 saturated heterocycles. The quantitative estimate of drug-likeness (QED) is 0.291. The number of hydrogen-bond donors (Lipinski definition) is 0.